The first kappa shape index (κ1) is 14.5. The summed E-state index contributed by atoms with van der Waals surface area (Å²) in [5.41, 5.74) is 0.733. The molecule has 18 heavy (non-hydrogen) atoms. The normalized spacial score (nSPS) is 11.7. The van der Waals surface area contributed by atoms with E-state index >= 15 is 0 Å². The monoisotopic (exact) mass is 251 g/mol. The number of hydrogen-bond donors (Lipinski definition) is 1. The van der Waals surface area contributed by atoms with Crippen molar-refractivity contribution in [2.45, 2.75) is 40.0 Å². The Hall–Kier alpha value is -1.58. The van der Waals surface area contributed by atoms with Crippen LogP contribution in [-0.4, -0.2) is 22.7 Å². The molecule has 4 heteroatoms. The van der Waals surface area contributed by atoms with Crippen LogP contribution in [0.2, 0.25) is 0 Å². The van der Waals surface area contributed by atoms with Crippen LogP contribution in [0.1, 0.15) is 50.7 Å². The minimum Gasteiger partial charge on any atom is -0.478 e. The Balaban J connectivity index is 3.10. The minimum absolute atomic E-state index is 0.207. The molecule has 0 bridgehead atoms. The zero-order chi connectivity index (χ0) is 13.9. The van der Waals surface area contributed by atoms with Gasteiger partial charge in [0.1, 0.15) is 0 Å². The van der Waals surface area contributed by atoms with E-state index in [9.17, 15) is 4.79 Å². The molecule has 0 saturated carbocycles. The predicted molar refractivity (Wildman–Crippen MR) is 70.2 cm³/mol. The molecule has 0 aliphatic carbocycles. The van der Waals surface area contributed by atoms with E-state index in [2.05, 4.69) is 4.98 Å². The molecular weight excluding hydrogens is 230 g/mol. The maximum Gasteiger partial charge on any atom is 0.335 e. The van der Waals surface area contributed by atoms with E-state index in [0.717, 1.165) is 5.69 Å². The third kappa shape index (κ3) is 4.02. The van der Waals surface area contributed by atoms with Crippen LogP contribution in [0.25, 0.3) is 0 Å². The Bertz CT molecular complexity index is 433. The van der Waals surface area contributed by atoms with E-state index in [1.807, 2.05) is 34.6 Å². The highest BCUT2D eigenvalue weighted by Crippen LogP contribution is 2.24. The molecule has 4 nitrogen and oxygen atoms in total. The van der Waals surface area contributed by atoms with Gasteiger partial charge in [0.25, 0.3) is 0 Å². The van der Waals surface area contributed by atoms with E-state index in [4.69, 9.17) is 9.84 Å². The van der Waals surface area contributed by atoms with Gasteiger partial charge in [0.15, 0.2) is 0 Å². The highest BCUT2D eigenvalue weighted by atomic mass is 16.5. The second-order valence-electron chi connectivity index (χ2n) is 5.84. The van der Waals surface area contributed by atoms with Gasteiger partial charge in [-0.3, -0.25) is 0 Å². The minimum atomic E-state index is -0.961. The average Bonchev–Trinajstić information content (AvgIpc) is 2.24. The first-order valence-corrected chi connectivity index (χ1v) is 6.09. The van der Waals surface area contributed by atoms with Crippen molar-refractivity contribution in [2.75, 3.05) is 6.61 Å². The molecule has 0 unspecified atom stereocenters. The number of ether oxygens (including phenoxy) is 1. The molecule has 0 aromatic carbocycles. The van der Waals surface area contributed by atoms with Crippen LogP contribution < -0.4 is 4.74 Å². The maximum atomic E-state index is 11.1. The summed E-state index contributed by atoms with van der Waals surface area (Å²) in [7, 11) is 0. The van der Waals surface area contributed by atoms with Crippen LogP contribution in [-0.2, 0) is 5.41 Å². The highest BCUT2D eigenvalue weighted by molar-refractivity contribution is 5.88. The molecule has 1 aromatic heterocycles. The quantitative estimate of drug-likeness (QED) is 0.893. The second kappa shape index (κ2) is 5.38. The Labute approximate surface area is 108 Å². The van der Waals surface area contributed by atoms with Crippen LogP contribution in [0.4, 0.5) is 0 Å². The lowest BCUT2D eigenvalue weighted by Gasteiger charge is -2.19. The number of carboxylic acids is 1. The number of nitrogens with zero attached hydrogens (tertiary/aromatic N) is 1. The lowest BCUT2D eigenvalue weighted by atomic mass is 9.91. The van der Waals surface area contributed by atoms with Crippen molar-refractivity contribution in [3.8, 4) is 5.88 Å². The van der Waals surface area contributed by atoms with Crippen molar-refractivity contribution in [1.82, 2.24) is 4.98 Å². The summed E-state index contributed by atoms with van der Waals surface area (Å²) >= 11 is 0. The molecule has 0 saturated heterocycles. The Morgan fingerprint density at radius 3 is 2.44 bits per heavy atom. The van der Waals surface area contributed by atoms with Gasteiger partial charge < -0.3 is 9.84 Å². The van der Waals surface area contributed by atoms with Gasteiger partial charge in [-0.25, -0.2) is 9.78 Å². The van der Waals surface area contributed by atoms with E-state index < -0.39 is 5.97 Å². The van der Waals surface area contributed by atoms with Gasteiger partial charge in [0, 0.05) is 11.5 Å². The molecule has 0 aliphatic rings. The fourth-order valence-electron chi connectivity index (χ4n) is 1.34. The molecule has 1 aromatic rings. The lowest BCUT2D eigenvalue weighted by Crippen LogP contribution is -2.16. The standard InChI is InChI=1S/C14H21NO3/c1-9(2)8-18-12-7-10(13(16)17)6-11(15-12)14(3,4)5/h6-7,9H,8H2,1-5H3,(H,16,17). The zero-order valence-electron chi connectivity index (χ0n) is 11.7. The maximum absolute atomic E-state index is 11.1. The van der Waals surface area contributed by atoms with Crippen LogP contribution in [0.15, 0.2) is 12.1 Å². The fraction of sp³-hybridized carbons (Fsp3) is 0.571. The molecule has 1 rings (SSSR count). The molecule has 1 heterocycles. The highest BCUT2D eigenvalue weighted by Gasteiger charge is 2.19. The summed E-state index contributed by atoms with van der Waals surface area (Å²) < 4.78 is 5.52. The summed E-state index contributed by atoms with van der Waals surface area (Å²) in [5.74, 6) is -0.204. The summed E-state index contributed by atoms with van der Waals surface area (Å²) in [6.07, 6.45) is 0. The number of rotatable bonds is 4. The zero-order valence-corrected chi connectivity index (χ0v) is 11.7. The van der Waals surface area contributed by atoms with Gasteiger partial charge in [-0.05, 0) is 12.0 Å². The number of pyridine rings is 1. The molecule has 0 aliphatic heterocycles. The number of carbonyl (C=O) groups is 1. The largest absolute Gasteiger partial charge is 0.478 e. The summed E-state index contributed by atoms with van der Waals surface area (Å²) in [5, 5.41) is 9.09. The van der Waals surface area contributed by atoms with E-state index in [1.54, 1.807) is 6.07 Å². The van der Waals surface area contributed by atoms with E-state index in [-0.39, 0.29) is 11.0 Å². The van der Waals surface area contributed by atoms with Gasteiger partial charge in [0.2, 0.25) is 5.88 Å². The van der Waals surface area contributed by atoms with E-state index in [1.165, 1.54) is 6.07 Å². The topological polar surface area (TPSA) is 59.4 Å². The average molecular weight is 251 g/mol. The van der Waals surface area contributed by atoms with Crippen molar-refractivity contribution in [3.05, 3.63) is 23.4 Å². The molecule has 0 spiro atoms. The van der Waals surface area contributed by atoms with Crippen molar-refractivity contribution < 1.29 is 14.6 Å². The Morgan fingerprint density at radius 2 is 2.00 bits per heavy atom. The predicted octanol–water partition coefficient (Wildman–Crippen LogP) is 3.11. The molecule has 0 fully saturated rings. The first-order chi connectivity index (χ1) is 8.20. The van der Waals surface area contributed by atoms with Crippen LogP contribution in [0.3, 0.4) is 0 Å². The fourth-order valence-corrected chi connectivity index (χ4v) is 1.34. The molecule has 0 amide bonds. The third-order valence-electron chi connectivity index (χ3n) is 2.38. The van der Waals surface area contributed by atoms with Crippen LogP contribution >= 0.6 is 0 Å². The van der Waals surface area contributed by atoms with Gasteiger partial charge in [-0.2, -0.15) is 0 Å². The number of aromatic nitrogens is 1. The number of hydrogen-bond acceptors (Lipinski definition) is 3. The lowest BCUT2D eigenvalue weighted by molar-refractivity contribution is 0.0696. The van der Waals surface area contributed by atoms with Crippen LogP contribution in [0.5, 0.6) is 5.88 Å². The number of carboxylic acid groups (broad SMARTS) is 1. The van der Waals surface area contributed by atoms with Crippen molar-refractivity contribution in [2.24, 2.45) is 5.92 Å². The van der Waals surface area contributed by atoms with E-state index in [0.29, 0.717) is 18.4 Å². The third-order valence-corrected chi connectivity index (χ3v) is 2.38. The SMILES string of the molecule is CC(C)COc1cc(C(=O)O)cc(C(C)(C)C)n1. The van der Waals surface area contributed by atoms with Gasteiger partial charge in [-0.15, -0.1) is 0 Å². The van der Waals surface area contributed by atoms with Gasteiger partial charge in [0.05, 0.1) is 17.9 Å². The van der Waals surface area contributed by atoms with Crippen molar-refractivity contribution >= 4 is 5.97 Å². The smallest absolute Gasteiger partial charge is 0.335 e. The molecule has 0 atom stereocenters. The van der Waals surface area contributed by atoms with Crippen molar-refractivity contribution in [1.29, 1.82) is 0 Å². The molecular formula is C14H21NO3. The summed E-state index contributed by atoms with van der Waals surface area (Å²) in [6.45, 7) is 10.6. The van der Waals surface area contributed by atoms with Gasteiger partial charge >= 0.3 is 5.97 Å². The Morgan fingerprint density at radius 1 is 1.39 bits per heavy atom. The molecule has 100 valence electrons. The Kier molecular flexibility index (Phi) is 4.33. The number of aromatic carboxylic acids is 1. The molecule has 0 radical (unpaired) electrons. The second-order valence-corrected chi connectivity index (χ2v) is 5.84. The summed E-state index contributed by atoms with van der Waals surface area (Å²) in [6, 6.07) is 3.07. The summed E-state index contributed by atoms with van der Waals surface area (Å²) in [4.78, 5) is 15.5. The molecule has 1 N–H and O–H groups in total. The van der Waals surface area contributed by atoms with Crippen LogP contribution in [0, 0.1) is 5.92 Å². The first-order valence-electron chi connectivity index (χ1n) is 6.09. The van der Waals surface area contributed by atoms with Gasteiger partial charge in [-0.1, -0.05) is 34.6 Å². The van der Waals surface area contributed by atoms with Crippen molar-refractivity contribution in [3.63, 3.8) is 0 Å².